The van der Waals surface area contributed by atoms with Gasteiger partial charge in [-0.1, -0.05) is 12.1 Å². The van der Waals surface area contributed by atoms with Crippen LogP contribution in [0.4, 0.5) is 10.6 Å². The largest absolute Gasteiger partial charge is 0.488 e. The van der Waals surface area contributed by atoms with E-state index >= 15 is 0 Å². The third kappa shape index (κ3) is 5.94. The molecule has 0 aliphatic heterocycles. The van der Waals surface area contributed by atoms with Gasteiger partial charge in [0.05, 0.1) is 31.2 Å². The second-order valence-electron chi connectivity index (χ2n) is 7.78. The molecule has 10 heteroatoms. The van der Waals surface area contributed by atoms with Crippen LogP contribution in [0.2, 0.25) is 0 Å². The van der Waals surface area contributed by atoms with Crippen LogP contribution in [0.15, 0.2) is 52.1 Å². The molecule has 33 heavy (non-hydrogen) atoms. The van der Waals surface area contributed by atoms with E-state index in [1.54, 1.807) is 31.5 Å². The number of nitrogens with one attached hydrogen (secondary N) is 2. The summed E-state index contributed by atoms with van der Waals surface area (Å²) in [7, 11) is -3.05. The molecule has 0 bridgehead atoms. The van der Waals surface area contributed by atoms with E-state index in [9.17, 15) is 9.00 Å². The first-order valence-corrected chi connectivity index (χ1v) is 13.1. The normalized spacial score (nSPS) is 15.0. The Morgan fingerprint density at radius 3 is 2.85 bits per heavy atom. The van der Waals surface area contributed by atoms with Crippen LogP contribution in [0.3, 0.4) is 0 Å². The molecule has 1 unspecified atom stereocenters. The van der Waals surface area contributed by atoms with E-state index in [0.29, 0.717) is 10.6 Å². The molecule has 1 amide bonds. The van der Waals surface area contributed by atoms with Crippen molar-refractivity contribution in [1.82, 2.24) is 14.7 Å². The van der Waals surface area contributed by atoms with Crippen LogP contribution in [-0.4, -0.2) is 39.3 Å². The monoisotopic (exact) mass is 532 g/mol. The Morgan fingerprint density at radius 2 is 2.09 bits per heavy atom. The highest BCUT2D eigenvalue weighted by atomic mass is 79.9. The maximum Gasteiger partial charge on any atom is 0.418 e. The highest BCUT2D eigenvalue weighted by Gasteiger charge is 2.21. The van der Waals surface area contributed by atoms with Crippen molar-refractivity contribution >= 4 is 54.3 Å². The zero-order chi connectivity index (χ0) is 23.4. The van der Waals surface area contributed by atoms with E-state index < -0.39 is 15.8 Å². The van der Waals surface area contributed by atoms with Crippen molar-refractivity contribution in [2.24, 2.45) is 5.92 Å². The molecule has 1 aliphatic rings. The van der Waals surface area contributed by atoms with Gasteiger partial charge in [0, 0.05) is 18.0 Å². The molecule has 0 spiro atoms. The number of aromatic nitrogens is 2. The molecule has 174 valence electrons. The van der Waals surface area contributed by atoms with E-state index in [4.69, 9.17) is 9.47 Å². The lowest BCUT2D eigenvalue weighted by atomic mass is 10.2. The van der Waals surface area contributed by atoms with Crippen molar-refractivity contribution in [1.29, 1.82) is 0 Å². The highest BCUT2D eigenvalue weighted by molar-refractivity contribution is 9.10. The number of carbonyl (C=O) groups excluding carboxylic acids is 1. The molecule has 2 N–H and O–H groups in total. The number of benzene rings is 2. The summed E-state index contributed by atoms with van der Waals surface area (Å²) in [6.45, 7) is 2.99. The smallest absolute Gasteiger partial charge is 0.418 e. The minimum Gasteiger partial charge on any atom is -0.488 e. The second kappa shape index (κ2) is 9.96. The SMILES string of the molecule is C=S(=O)(NC(=O)OCC)c1cccc(COc2cc3ncnc(NCC4CC4)c3cc2Br)c1. The van der Waals surface area contributed by atoms with Crippen LogP contribution in [0.25, 0.3) is 10.9 Å². The van der Waals surface area contributed by atoms with Gasteiger partial charge in [0.15, 0.2) is 0 Å². The van der Waals surface area contributed by atoms with Gasteiger partial charge in [-0.2, -0.15) is 0 Å². The number of hydrogen-bond donors (Lipinski definition) is 2. The quantitative estimate of drug-likeness (QED) is 0.390. The van der Waals surface area contributed by atoms with Gasteiger partial charge >= 0.3 is 6.09 Å². The Kier molecular flexibility index (Phi) is 7.04. The van der Waals surface area contributed by atoms with E-state index in [-0.39, 0.29) is 13.2 Å². The summed E-state index contributed by atoms with van der Waals surface area (Å²) in [6, 6.07) is 10.7. The average Bonchev–Trinajstić information content (AvgIpc) is 3.61. The number of halogens is 1. The summed E-state index contributed by atoms with van der Waals surface area (Å²) in [6.07, 6.45) is 3.30. The molecule has 8 nitrogen and oxygen atoms in total. The summed E-state index contributed by atoms with van der Waals surface area (Å²) in [5.74, 6) is 5.83. The number of carbonyl (C=O) groups is 1. The lowest BCUT2D eigenvalue weighted by molar-refractivity contribution is 0.159. The number of rotatable bonds is 9. The van der Waals surface area contributed by atoms with Crippen LogP contribution >= 0.6 is 15.9 Å². The third-order valence-corrected chi connectivity index (χ3v) is 7.27. The molecule has 3 aromatic rings. The van der Waals surface area contributed by atoms with E-state index in [0.717, 1.165) is 39.2 Å². The molecule has 2 aromatic carbocycles. The van der Waals surface area contributed by atoms with E-state index in [1.807, 2.05) is 18.2 Å². The van der Waals surface area contributed by atoms with Gasteiger partial charge in [0.2, 0.25) is 0 Å². The van der Waals surface area contributed by atoms with Crippen molar-refractivity contribution in [3.8, 4) is 5.75 Å². The number of anilines is 1. The zero-order valence-electron chi connectivity index (χ0n) is 18.2. The van der Waals surface area contributed by atoms with Crippen molar-refractivity contribution in [2.45, 2.75) is 31.3 Å². The molecule has 1 atom stereocenters. The third-order valence-electron chi connectivity index (χ3n) is 5.14. The van der Waals surface area contributed by atoms with Crippen molar-refractivity contribution in [3.63, 3.8) is 0 Å². The first-order valence-electron chi connectivity index (χ1n) is 10.6. The number of fused-ring (bicyclic) bond motifs is 1. The second-order valence-corrected chi connectivity index (χ2v) is 10.7. The predicted molar refractivity (Wildman–Crippen MR) is 133 cm³/mol. The number of hydrogen-bond acceptors (Lipinski definition) is 7. The fraction of sp³-hybridized carbons (Fsp3) is 0.304. The first-order chi connectivity index (χ1) is 15.9. The molecular formula is C23H25BrN4O4S. The number of ether oxygens (including phenoxy) is 2. The first kappa shape index (κ1) is 23.3. The number of amides is 1. The molecule has 4 rings (SSSR count). The summed E-state index contributed by atoms with van der Waals surface area (Å²) >= 11 is 3.58. The van der Waals surface area contributed by atoms with Crippen LogP contribution in [0.5, 0.6) is 5.75 Å². The van der Waals surface area contributed by atoms with Crippen LogP contribution in [0.1, 0.15) is 25.3 Å². The molecule has 1 aliphatic carbocycles. The molecule has 1 heterocycles. The summed E-state index contributed by atoms with van der Waals surface area (Å²) in [5.41, 5.74) is 1.55. The van der Waals surface area contributed by atoms with Crippen molar-refractivity contribution in [3.05, 3.63) is 52.8 Å². The zero-order valence-corrected chi connectivity index (χ0v) is 20.6. The standard InChI is InChI=1S/C23H25BrN4O4S/c1-3-31-23(29)28-33(2,30)17-6-4-5-16(9-17)13-32-21-11-20-18(10-19(21)24)22(27-14-26-20)25-12-15-7-8-15/h4-6,9-11,14-15H,2-3,7-8,12-13H2,1H3,(H,25,26,27)(H,28,29,30). The fourth-order valence-corrected chi connectivity index (χ4v) is 4.77. The Morgan fingerprint density at radius 1 is 1.27 bits per heavy atom. The Hall–Kier alpha value is -2.85. The van der Waals surface area contributed by atoms with Gasteiger partial charge in [0.1, 0.15) is 24.5 Å². The van der Waals surface area contributed by atoms with E-state index in [1.165, 1.54) is 12.8 Å². The lowest BCUT2D eigenvalue weighted by Gasteiger charge is -2.14. The molecule has 0 saturated heterocycles. The fourth-order valence-electron chi connectivity index (χ4n) is 3.23. The Labute approximate surface area is 201 Å². The Bertz CT molecular complexity index is 1280. The average molecular weight is 533 g/mol. The van der Waals surface area contributed by atoms with Gasteiger partial charge in [-0.05, 0) is 71.2 Å². The van der Waals surface area contributed by atoms with Crippen LogP contribution in [0, 0.1) is 5.92 Å². The maximum atomic E-state index is 12.8. The van der Waals surface area contributed by atoms with Gasteiger partial charge in [0.25, 0.3) is 0 Å². The predicted octanol–water partition coefficient (Wildman–Crippen LogP) is 4.53. The lowest BCUT2D eigenvalue weighted by Crippen LogP contribution is -2.31. The summed E-state index contributed by atoms with van der Waals surface area (Å²) in [5, 5.41) is 4.33. The number of nitrogens with zero attached hydrogens (tertiary/aromatic N) is 2. The summed E-state index contributed by atoms with van der Waals surface area (Å²) < 4.78 is 26.8. The minimum absolute atomic E-state index is 0.179. The van der Waals surface area contributed by atoms with Crippen LogP contribution in [-0.2, 0) is 21.1 Å². The minimum atomic E-state index is -3.05. The van der Waals surface area contributed by atoms with Crippen LogP contribution < -0.4 is 14.8 Å². The highest BCUT2D eigenvalue weighted by Crippen LogP contribution is 2.34. The molecule has 1 saturated carbocycles. The molecule has 0 radical (unpaired) electrons. The van der Waals surface area contributed by atoms with Crippen molar-refractivity contribution in [2.75, 3.05) is 18.5 Å². The van der Waals surface area contributed by atoms with Gasteiger partial charge in [-0.25, -0.2) is 23.7 Å². The van der Waals surface area contributed by atoms with E-state index in [2.05, 4.69) is 41.8 Å². The molecule has 1 fully saturated rings. The topological polar surface area (TPSA) is 102 Å². The molecular weight excluding hydrogens is 508 g/mol. The van der Waals surface area contributed by atoms with Gasteiger partial charge in [-0.15, -0.1) is 0 Å². The summed E-state index contributed by atoms with van der Waals surface area (Å²) in [4.78, 5) is 20.8. The van der Waals surface area contributed by atoms with Gasteiger partial charge < -0.3 is 14.8 Å². The van der Waals surface area contributed by atoms with Gasteiger partial charge in [-0.3, -0.25) is 0 Å². The Balaban J connectivity index is 1.48. The molecule has 1 aromatic heterocycles. The van der Waals surface area contributed by atoms with Crippen molar-refractivity contribution < 1.29 is 18.5 Å². The maximum absolute atomic E-state index is 12.8.